The van der Waals surface area contributed by atoms with Gasteiger partial charge in [-0.15, -0.1) is 0 Å². The van der Waals surface area contributed by atoms with E-state index in [1.807, 2.05) is 25.1 Å². The predicted octanol–water partition coefficient (Wildman–Crippen LogP) is 3.41. The number of hydrogen-bond acceptors (Lipinski definition) is 5. The molecule has 2 aliphatic heterocycles. The first-order valence-electron chi connectivity index (χ1n) is 9.37. The van der Waals surface area contributed by atoms with Crippen LogP contribution >= 0.6 is 0 Å². The summed E-state index contributed by atoms with van der Waals surface area (Å²) in [6, 6.07) is 8.95. The molecule has 2 saturated heterocycles. The van der Waals surface area contributed by atoms with Gasteiger partial charge in [-0.05, 0) is 36.8 Å². The SMILES string of the molecule is CCOc1ccc([C@H]2CO[C@@H]3[C@H]2OC[C@H]3OCc2cc(F)ccc2F)c(N)c1. The molecule has 2 heterocycles. The summed E-state index contributed by atoms with van der Waals surface area (Å²) < 4.78 is 50.2. The Balaban J connectivity index is 1.42. The Bertz CT molecular complexity index is 847. The number of halogens is 2. The van der Waals surface area contributed by atoms with Gasteiger partial charge >= 0.3 is 0 Å². The maximum atomic E-state index is 13.8. The fourth-order valence-corrected chi connectivity index (χ4v) is 3.87. The number of ether oxygens (including phenoxy) is 4. The highest BCUT2D eigenvalue weighted by molar-refractivity contribution is 5.54. The molecular formula is C21H23F2NO4. The standard InChI is InChI=1S/C21H23F2NO4/c1-2-25-14-4-5-15(18(24)8-14)16-10-27-21-19(11-28-20(16)21)26-9-12-7-13(22)3-6-17(12)23/h3-8,16,19-21H,2,9-11,24H2,1H3/t16-,19-,20+,21+/m1/s1. The van der Waals surface area contributed by atoms with Crippen LogP contribution in [0.1, 0.15) is 24.0 Å². The van der Waals surface area contributed by atoms with Gasteiger partial charge in [-0.1, -0.05) is 6.07 Å². The number of rotatable bonds is 6. The fraction of sp³-hybridized carbons (Fsp3) is 0.429. The zero-order valence-corrected chi connectivity index (χ0v) is 15.6. The average molecular weight is 391 g/mol. The predicted molar refractivity (Wildman–Crippen MR) is 99.2 cm³/mol. The Morgan fingerprint density at radius 3 is 2.68 bits per heavy atom. The van der Waals surface area contributed by atoms with Gasteiger partial charge in [0, 0.05) is 23.2 Å². The summed E-state index contributed by atoms with van der Waals surface area (Å²) in [5.41, 5.74) is 7.98. The normalized spacial score (nSPS) is 26.4. The third kappa shape index (κ3) is 3.70. The maximum absolute atomic E-state index is 13.8. The fourth-order valence-electron chi connectivity index (χ4n) is 3.87. The summed E-state index contributed by atoms with van der Waals surface area (Å²) in [7, 11) is 0. The van der Waals surface area contributed by atoms with Gasteiger partial charge in [-0.25, -0.2) is 8.78 Å². The van der Waals surface area contributed by atoms with Crippen molar-refractivity contribution in [1.82, 2.24) is 0 Å². The molecule has 2 fully saturated rings. The summed E-state index contributed by atoms with van der Waals surface area (Å²) in [5.74, 6) is -0.280. The van der Waals surface area contributed by atoms with Crippen LogP contribution in [0.4, 0.5) is 14.5 Å². The second-order valence-corrected chi connectivity index (χ2v) is 7.01. The van der Waals surface area contributed by atoms with Crippen LogP contribution in [0, 0.1) is 11.6 Å². The van der Waals surface area contributed by atoms with E-state index in [-0.39, 0.29) is 36.4 Å². The van der Waals surface area contributed by atoms with Crippen LogP contribution in [-0.2, 0) is 20.8 Å². The quantitative estimate of drug-likeness (QED) is 0.765. The molecule has 0 amide bonds. The Hall–Kier alpha value is -2.22. The van der Waals surface area contributed by atoms with Gasteiger partial charge in [-0.3, -0.25) is 0 Å². The molecule has 0 unspecified atom stereocenters. The van der Waals surface area contributed by atoms with Crippen molar-refractivity contribution in [3.05, 3.63) is 59.2 Å². The first-order chi connectivity index (χ1) is 13.6. The van der Waals surface area contributed by atoms with Crippen molar-refractivity contribution in [2.24, 2.45) is 0 Å². The number of benzene rings is 2. The summed E-state index contributed by atoms with van der Waals surface area (Å²) in [6.45, 7) is 3.24. The Morgan fingerprint density at radius 1 is 1.07 bits per heavy atom. The van der Waals surface area contributed by atoms with Crippen molar-refractivity contribution >= 4 is 5.69 Å². The van der Waals surface area contributed by atoms with Crippen LogP contribution in [0.15, 0.2) is 36.4 Å². The second kappa shape index (κ2) is 8.03. The number of fused-ring (bicyclic) bond motifs is 1. The van der Waals surface area contributed by atoms with Crippen LogP contribution < -0.4 is 10.5 Å². The number of nitrogens with two attached hydrogens (primary N) is 1. The highest BCUT2D eigenvalue weighted by atomic mass is 19.1. The van der Waals surface area contributed by atoms with Crippen molar-refractivity contribution in [2.45, 2.75) is 37.8 Å². The monoisotopic (exact) mass is 391 g/mol. The summed E-state index contributed by atoms with van der Waals surface area (Å²) in [5, 5.41) is 0. The number of hydrogen-bond donors (Lipinski definition) is 1. The van der Waals surface area contributed by atoms with Crippen LogP contribution in [0.2, 0.25) is 0 Å². The van der Waals surface area contributed by atoms with E-state index >= 15 is 0 Å². The van der Waals surface area contributed by atoms with Crippen LogP contribution in [0.5, 0.6) is 5.75 Å². The molecule has 28 heavy (non-hydrogen) atoms. The van der Waals surface area contributed by atoms with E-state index in [9.17, 15) is 8.78 Å². The molecule has 5 nitrogen and oxygen atoms in total. The lowest BCUT2D eigenvalue weighted by atomic mass is 9.92. The average Bonchev–Trinajstić information content (AvgIpc) is 3.26. The van der Waals surface area contributed by atoms with Crippen LogP contribution in [0.25, 0.3) is 0 Å². The van der Waals surface area contributed by atoms with Crippen molar-refractivity contribution in [3.8, 4) is 5.75 Å². The second-order valence-electron chi connectivity index (χ2n) is 7.01. The molecular weight excluding hydrogens is 368 g/mol. The van der Waals surface area contributed by atoms with Gasteiger partial charge in [0.2, 0.25) is 0 Å². The molecule has 2 aromatic carbocycles. The Morgan fingerprint density at radius 2 is 1.89 bits per heavy atom. The lowest BCUT2D eigenvalue weighted by Gasteiger charge is -2.19. The molecule has 4 rings (SSSR count). The van der Waals surface area contributed by atoms with Gasteiger partial charge in [0.05, 0.1) is 32.5 Å². The molecule has 0 saturated carbocycles. The molecule has 0 aliphatic carbocycles. The van der Waals surface area contributed by atoms with E-state index in [1.165, 1.54) is 0 Å². The third-order valence-corrected chi connectivity index (χ3v) is 5.24. The van der Waals surface area contributed by atoms with Gasteiger partial charge in [-0.2, -0.15) is 0 Å². The van der Waals surface area contributed by atoms with E-state index in [0.29, 0.717) is 25.5 Å². The molecule has 4 atom stereocenters. The maximum Gasteiger partial charge on any atom is 0.128 e. The number of anilines is 1. The minimum atomic E-state index is -0.497. The molecule has 2 aromatic rings. The molecule has 150 valence electrons. The summed E-state index contributed by atoms with van der Waals surface area (Å²) >= 11 is 0. The first kappa shape index (κ1) is 19.1. The zero-order chi connectivity index (χ0) is 19.7. The third-order valence-electron chi connectivity index (χ3n) is 5.24. The molecule has 2 N–H and O–H groups in total. The largest absolute Gasteiger partial charge is 0.494 e. The van der Waals surface area contributed by atoms with E-state index in [0.717, 1.165) is 29.5 Å². The van der Waals surface area contributed by atoms with E-state index in [1.54, 1.807) is 0 Å². The van der Waals surface area contributed by atoms with E-state index < -0.39 is 11.6 Å². The summed E-state index contributed by atoms with van der Waals surface area (Å²) in [6.07, 6.45) is -0.809. The van der Waals surface area contributed by atoms with Crippen molar-refractivity contribution in [1.29, 1.82) is 0 Å². The topological polar surface area (TPSA) is 62.9 Å². The zero-order valence-electron chi connectivity index (χ0n) is 15.6. The smallest absolute Gasteiger partial charge is 0.128 e. The lowest BCUT2D eigenvalue weighted by Crippen LogP contribution is -2.31. The van der Waals surface area contributed by atoms with Crippen LogP contribution in [-0.4, -0.2) is 38.1 Å². The Labute approximate surface area is 162 Å². The van der Waals surface area contributed by atoms with Gasteiger partial charge < -0.3 is 24.7 Å². The molecule has 0 spiro atoms. The highest BCUT2D eigenvalue weighted by Gasteiger charge is 2.49. The van der Waals surface area contributed by atoms with Crippen molar-refractivity contribution in [3.63, 3.8) is 0 Å². The van der Waals surface area contributed by atoms with Gasteiger partial charge in [0.1, 0.15) is 29.6 Å². The van der Waals surface area contributed by atoms with Gasteiger partial charge in [0.25, 0.3) is 0 Å². The van der Waals surface area contributed by atoms with Gasteiger partial charge in [0.15, 0.2) is 0 Å². The van der Waals surface area contributed by atoms with E-state index in [2.05, 4.69) is 0 Å². The van der Waals surface area contributed by atoms with Crippen molar-refractivity contribution in [2.75, 3.05) is 25.6 Å². The minimum Gasteiger partial charge on any atom is -0.494 e. The molecule has 0 aromatic heterocycles. The number of nitrogen functional groups attached to an aromatic ring is 1. The highest BCUT2D eigenvalue weighted by Crippen LogP contribution is 2.41. The molecule has 0 radical (unpaired) electrons. The lowest BCUT2D eigenvalue weighted by molar-refractivity contribution is -0.0398. The molecule has 2 aliphatic rings. The first-order valence-corrected chi connectivity index (χ1v) is 9.37. The summed E-state index contributed by atoms with van der Waals surface area (Å²) in [4.78, 5) is 0. The van der Waals surface area contributed by atoms with Crippen LogP contribution in [0.3, 0.4) is 0 Å². The molecule has 0 bridgehead atoms. The Kier molecular flexibility index (Phi) is 5.48. The molecule has 7 heteroatoms. The minimum absolute atomic E-state index is 0.0137. The van der Waals surface area contributed by atoms with Crippen molar-refractivity contribution < 1.29 is 27.7 Å². The van der Waals surface area contributed by atoms with E-state index in [4.69, 9.17) is 24.7 Å².